The van der Waals surface area contributed by atoms with Crippen LogP contribution in [-0.2, 0) is 12.8 Å². The summed E-state index contributed by atoms with van der Waals surface area (Å²) < 4.78 is 5.92. The molecule has 0 unspecified atom stereocenters. The van der Waals surface area contributed by atoms with Crippen molar-refractivity contribution in [2.24, 2.45) is 0 Å². The van der Waals surface area contributed by atoms with Crippen molar-refractivity contribution in [3.8, 4) is 0 Å². The largest absolute Gasteiger partial charge is 0.127 e. The van der Waals surface area contributed by atoms with Gasteiger partial charge in [0.25, 0.3) is 0 Å². The average Bonchev–Trinajstić information content (AvgIpc) is 3.45. The van der Waals surface area contributed by atoms with Crippen molar-refractivity contribution in [1.82, 2.24) is 0 Å². The lowest BCUT2D eigenvalue weighted by Crippen LogP contribution is -1.86. The lowest BCUT2D eigenvalue weighted by Gasteiger charge is -2.03. The van der Waals surface area contributed by atoms with E-state index in [9.17, 15) is 0 Å². The molecule has 42 heavy (non-hydrogen) atoms. The van der Waals surface area contributed by atoms with E-state index in [0.717, 1.165) is 0 Å². The zero-order chi connectivity index (χ0) is 30.1. The van der Waals surface area contributed by atoms with E-state index in [1.807, 2.05) is 22.7 Å². The van der Waals surface area contributed by atoms with Gasteiger partial charge < -0.3 is 0 Å². The fourth-order valence-electron chi connectivity index (χ4n) is 6.39. The van der Waals surface area contributed by atoms with Crippen LogP contribution in [0.3, 0.4) is 0 Å². The first-order valence-electron chi connectivity index (χ1n) is 18.6. The van der Waals surface area contributed by atoms with Crippen LogP contribution in [0.5, 0.6) is 0 Å². The van der Waals surface area contributed by atoms with E-state index >= 15 is 0 Å². The van der Waals surface area contributed by atoms with Gasteiger partial charge in [0.15, 0.2) is 0 Å². The number of aryl methyl sites for hydroxylation is 2. The number of rotatable bonds is 30. The fourth-order valence-corrected chi connectivity index (χ4v) is 10.9. The molecule has 4 heteroatoms. The van der Waals surface area contributed by atoms with Crippen molar-refractivity contribution in [3.05, 3.63) is 18.7 Å². The van der Waals surface area contributed by atoms with Gasteiger partial charge >= 0.3 is 0 Å². The molecule has 2 aromatic rings. The van der Waals surface area contributed by atoms with Crippen LogP contribution in [0, 0.1) is 0 Å². The molecule has 0 saturated heterocycles. The lowest BCUT2D eigenvalue weighted by molar-refractivity contribution is 0.535. The Morgan fingerprint density at radius 1 is 0.333 bits per heavy atom. The molecular formula is C38H66Br2S2. The standard InChI is InChI=1S/C38H66Br2S2/c1-3-5-7-9-11-13-15-17-19-21-23-25-27-29-31-33-35-36(42-37(33)39)34(38(40)41-35)32-30-28-26-24-22-20-18-16-14-12-10-8-6-4-2/h3-32H2,1-2H3. The molecular weight excluding hydrogens is 680 g/mol. The maximum atomic E-state index is 3.95. The molecule has 2 rings (SSSR count). The molecule has 0 fully saturated rings. The van der Waals surface area contributed by atoms with Gasteiger partial charge in [0.2, 0.25) is 0 Å². The van der Waals surface area contributed by atoms with Gasteiger partial charge in [0.05, 0.1) is 17.0 Å². The van der Waals surface area contributed by atoms with Gasteiger partial charge in [-0.2, -0.15) is 0 Å². The van der Waals surface area contributed by atoms with Crippen molar-refractivity contribution in [2.45, 2.75) is 206 Å². The fraction of sp³-hybridized carbons (Fsp3) is 0.842. The molecule has 0 aliphatic rings. The van der Waals surface area contributed by atoms with Gasteiger partial charge in [-0.15, -0.1) is 22.7 Å². The Bertz CT molecular complexity index is 811. The normalized spacial score (nSPS) is 11.8. The Morgan fingerprint density at radius 3 is 0.786 bits per heavy atom. The molecule has 0 atom stereocenters. The SMILES string of the molecule is CCCCCCCCCCCCCCCCc1c(Br)sc2c(CCCCCCCCCCCCCCCC)c(Br)sc12. The summed E-state index contributed by atoms with van der Waals surface area (Å²) in [5.74, 6) is 0. The number of fused-ring (bicyclic) bond motifs is 1. The van der Waals surface area contributed by atoms with E-state index in [1.165, 1.54) is 200 Å². The molecule has 0 aliphatic heterocycles. The maximum Gasteiger partial charge on any atom is 0.0751 e. The third-order valence-corrected chi connectivity index (χ3v) is 13.4. The first-order valence-corrected chi connectivity index (χ1v) is 21.8. The summed E-state index contributed by atoms with van der Waals surface area (Å²) in [6, 6.07) is 0. The van der Waals surface area contributed by atoms with E-state index in [-0.39, 0.29) is 0 Å². The highest BCUT2D eigenvalue weighted by molar-refractivity contribution is 9.11. The Labute approximate surface area is 287 Å². The second-order valence-corrected chi connectivity index (χ2v) is 17.7. The molecule has 0 saturated carbocycles. The van der Waals surface area contributed by atoms with Crippen LogP contribution in [0.1, 0.15) is 205 Å². The Kier molecular flexibility index (Phi) is 24.8. The summed E-state index contributed by atoms with van der Waals surface area (Å²) in [5, 5.41) is 0. The third-order valence-electron chi connectivity index (χ3n) is 9.17. The summed E-state index contributed by atoms with van der Waals surface area (Å²) in [6.07, 6.45) is 42.6. The Balaban J connectivity index is 1.51. The molecule has 244 valence electrons. The molecule has 0 amide bonds. The number of hydrogen-bond acceptors (Lipinski definition) is 2. The summed E-state index contributed by atoms with van der Waals surface area (Å²) in [6.45, 7) is 4.61. The van der Waals surface area contributed by atoms with E-state index in [4.69, 9.17) is 0 Å². The Morgan fingerprint density at radius 2 is 0.548 bits per heavy atom. The van der Waals surface area contributed by atoms with Crippen molar-refractivity contribution in [1.29, 1.82) is 0 Å². The van der Waals surface area contributed by atoms with E-state index in [0.29, 0.717) is 0 Å². The second-order valence-electron chi connectivity index (χ2n) is 13.1. The lowest BCUT2D eigenvalue weighted by atomic mass is 10.0. The highest BCUT2D eigenvalue weighted by Gasteiger charge is 2.18. The predicted octanol–water partition coefficient (Wildman–Crippen LogP) is 16.5. The van der Waals surface area contributed by atoms with Crippen LogP contribution in [0.25, 0.3) is 9.40 Å². The molecule has 0 aromatic carbocycles. The van der Waals surface area contributed by atoms with Crippen LogP contribution in [0.4, 0.5) is 0 Å². The quantitative estimate of drug-likeness (QED) is 0.0699. The van der Waals surface area contributed by atoms with E-state index in [1.54, 1.807) is 20.5 Å². The first kappa shape index (κ1) is 38.8. The number of unbranched alkanes of at least 4 members (excludes halogenated alkanes) is 26. The predicted molar refractivity (Wildman–Crippen MR) is 203 cm³/mol. The van der Waals surface area contributed by atoms with Gasteiger partial charge in [-0.1, -0.05) is 181 Å². The van der Waals surface area contributed by atoms with Gasteiger partial charge in [0, 0.05) is 0 Å². The number of halogens is 2. The summed E-state index contributed by atoms with van der Waals surface area (Å²) in [7, 11) is 0. The summed E-state index contributed by atoms with van der Waals surface area (Å²) in [4.78, 5) is 0. The van der Waals surface area contributed by atoms with Crippen molar-refractivity contribution in [3.63, 3.8) is 0 Å². The molecule has 2 heterocycles. The van der Waals surface area contributed by atoms with Crippen LogP contribution in [-0.4, -0.2) is 0 Å². The summed E-state index contributed by atoms with van der Waals surface area (Å²) in [5.41, 5.74) is 3.18. The molecule has 0 radical (unpaired) electrons. The molecule has 0 spiro atoms. The molecule has 0 N–H and O–H groups in total. The van der Waals surface area contributed by atoms with Crippen molar-refractivity contribution < 1.29 is 0 Å². The molecule has 0 nitrogen and oxygen atoms in total. The van der Waals surface area contributed by atoms with Crippen molar-refractivity contribution in [2.75, 3.05) is 0 Å². The average molecular weight is 747 g/mol. The van der Waals surface area contributed by atoms with Gasteiger partial charge in [0.1, 0.15) is 0 Å². The first-order chi connectivity index (χ1) is 20.7. The van der Waals surface area contributed by atoms with Crippen LogP contribution < -0.4 is 0 Å². The molecule has 0 bridgehead atoms. The second kappa shape index (κ2) is 26.8. The highest BCUT2D eigenvalue weighted by atomic mass is 79.9. The van der Waals surface area contributed by atoms with Crippen molar-refractivity contribution >= 4 is 63.9 Å². The number of hydrogen-bond donors (Lipinski definition) is 0. The third kappa shape index (κ3) is 17.4. The summed E-state index contributed by atoms with van der Waals surface area (Å²) >= 11 is 11.9. The van der Waals surface area contributed by atoms with Gasteiger partial charge in [-0.05, 0) is 68.7 Å². The highest BCUT2D eigenvalue weighted by Crippen LogP contribution is 2.46. The maximum absolute atomic E-state index is 3.95. The smallest absolute Gasteiger partial charge is 0.0751 e. The topological polar surface area (TPSA) is 0 Å². The Hall–Kier alpha value is 0.620. The van der Waals surface area contributed by atoms with E-state index < -0.39 is 0 Å². The van der Waals surface area contributed by atoms with Crippen LogP contribution in [0.15, 0.2) is 7.57 Å². The minimum absolute atomic E-state index is 1.24. The zero-order valence-corrected chi connectivity index (χ0v) is 32.6. The van der Waals surface area contributed by atoms with Crippen LogP contribution >= 0.6 is 54.5 Å². The minimum atomic E-state index is 1.24. The zero-order valence-electron chi connectivity index (χ0n) is 27.8. The van der Waals surface area contributed by atoms with Crippen LogP contribution in [0.2, 0.25) is 0 Å². The van der Waals surface area contributed by atoms with Gasteiger partial charge in [-0.25, -0.2) is 0 Å². The van der Waals surface area contributed by atoms with E-state index in [2.05, 4.69) is 45.7 Å². The minimum Gasteiger partial charge on any atom is -0.127 e. The van der Waals surface area contributed by atoms with Gasteiger partial charge in [-0.3, -0.25) is 0 Å². The molecule has 2 aromatic heterocycles. The molecule has 0 aliphatic carbocycles. The number of thiophene rings is 2. The monoisotopic (exact) mass is 744 g/mol.